The molecule has 3 aromatic carbocycles. The number of carbonyl (C=O) groups is 2. The number of likely N-dealkylation sites (tertiary alicyclic amines) is 1. The molecule has 7 nitrogen and oxygen atoms in total. The Morgan fingerprint density at radius 1 is 1.08 bits per heavy atom. The summed E-state index contributed by atoms with van der Waals surface area (Å²) < 4.78 is 5.28. The lowest BCUT2D eigenvalue weighted by molar-refractivity contribution is 0.0697. The van der Waals surface area contributed by atoms with Gasteiger partial charge in [-0.25, -0.2) is 4.79 Å². The minimum Gasteiger partial charge on any atom is -0.496 e. The molecule has 0 spiro atoms. The number of carbonyl (C=O) groups excluding carboxylic acids is 1. The Morgan fingerprint density at radius 3 is 2.44 bits per heavy atom. The van der Waals surface area contributed by atoms with Crippen molar-refractivity contribution < 1.29 is 19.4 Å². The smallest absolute Gasteiger partial charge is 0.336 e. The minimum atomic E-state index is -0.926. The fourth-order valence-corrected chi connectivity index (χ4v) is 4.73. The zero-order valence-corrected chi connectivity index (χ0v) is 20.9. The van der Waals surface area contributed by atoms with Crippen LogP contribution >= 0.6 is 11.6 Å². The molecule has 188 valence electrons. The Labute approximate surface area is 215 Å². The number of halogens is 1. The van der Waals surface area contributed by atoms with Crippen molar-refractivity contribution in [1.29, 1.82) is 0 Å². The molecular weight excluding hydrogens is 478 g/mol. The van der Waals surface area contributed by atoms with Gasteiger partial charge in [0.25, 0.3) is 5.91 Å². The molecule has 4 rings (SSSR count). The second-order valence-corrected chi connectivity index (χ2v) is 9.46. The fourth-order valence-electron chi connectivity index (χ4n) is 4.57. The highest BCUT2D eigenvalue weighted by molar-refractivity contribution is 6.33. The van der Waals surface area contributed by atoms with E-state index in [1.54, 1.807) is 24.3 Å². The highest BCUT2D eigenvalue weighted by atomic mass is 35.5. The average Bonchev–Trinajstić information content (AvgIpc) is 2.89. The first-order valence-electron chi connectivity index (χ1n) is 11.9. The van der Waals surface area contributed by atoms with Gasteiger partial charge < -0.3 is 20.9 Å². The highest BCUT2D eigenvalue weighted by Crippen LogP contribution is 2.29. The van der Waals surface area contributed by atoms with E-state index in [9.17, 15) is 14.7 Å². The zero-order valence-electron chi connectivity index (χ0n) is 20.2. The van der Waals surface area contributed by atoms with Gasteiger partial charge in [-0.1, -0.05) is 54.1 Å². The lowest BCUT2D eigenvalue weighted by Gasteiger charge is -2.32. The van der Waals surface area contributed by atoms with Gasteiger partial charge in [0.2, 0.25) is 0 Å². The number of piperidine rings is 1. The molecule has 0 aromatic heterocycles. The summed E-state index contributed by atoms with van der Waals surface area (Å²) in [5.41, 5.74) is 9.66. The molecule has 1 saturated heterocycles. The molecule has 3 aromatic rings. The quantitative estimate of drug-likeness (QED) is 0.373. The predicted octanol–water partition coefficient (Wildman–Crippen LogP) is 4.94. The van der Waals surface area contributed by atoms with Gasteiger partial charge in [0, 0.05) is 19.2 Å². The number of anilines is 1. The van der Waals surface area contributed by atoms with Gasteiger partial charge in [-0.15, -0.1) is 0 Å². The topological polar surface area (TPSA) is 105 Å². The van der Waals surface area contributed by atoms with E-state index in [2.05, 4.69) is 22.3 Å². The fraction of sp³-hybridized carbons (Fsp3) is 0.286. The summed E-state index contributed by atoms with van der Waals surface area (Å²) >= 11 is 6.09. The number of ether oxygens (including phenoxy) is 1. The van der Waals surface area contributed by atoms with E-state index in [0.29, 0.717) is 40.0 Å². The highest BCUT2D eigenvalue weighted by Gasteiger charge is 2.21. The van der Waals surface area contributed by atoms with Crippen molar-refractivity contribution >= 4 is 29.2 Å². The molecule has 4 N–H and O–H groups in total. The van der Waals surface area contributed by atoms with Crippen molar-refractivity contribution in [3.8, 4) is 16.9 Å². The van der Waals surface area contributed by atoms with Crippen LogP contribution in [0.3, 0.4) is 0 Å². The van der Waals surface area contributed by atoms with Crippen molar-refractivity contribution in [2.45, 2.75) is 19.4 Å². The molecule has 0 unspecified atom stereocenters. The van der Waals surface area contributed by atoms with E-state index in [0.717, 1.165) is 43.6 Å². The SMILES string of the molecule is COc1cc(N)c(Cl)cc1C(=O)NCC1CCN(Cc2ccc(-c3ccccc3C(=O)O)cc2)CC1. The first kappa shape index (κ1) is 25.5. The number of hydrogen-bond donors (Lipinski definition) is 3. The number of nitrogens with one attached hydrogen (secondary N) is 1. The van der Waals surface area contributed by atoms with Crippen molar-refractivity contribution in [2.24, 2.45) is 5.92 Å². The lowest BCUT2D eigenvalue weighted by Crippen LogP contribution is -2.38. The van der Waals surface area contributed by atoms with E-state index in [4.69, 9.17) is 22.1 Å². The largest absolute Gasteiger partial charge is 0.496 e. The summed E-state index contributed by atoms with van der Waals surface area (Å²) in [6.45, 7) is 3.32. The van der Waals surface area contributed by atoms with Gasteiger partial charge in [0.05, 0.1) is 28.9 Å². The van der Waals surface area contributed by atoms with Crippen LogP contribution in [0.2, 0.25) is 5.02 Å². The lowest BCUT2D eigenvalue weighted by atomic mass is 9.95. The summed E-state index contributed by atoms with van der Waals surface area (Å²) in [7, 11) is 1.50. The third-order valence-corrected chi connectivity index (χ3v) is 6.98. The number of hydrogen-bond acceptors (Lipinski definition) is 5. The van der Waals surface area contributed by atoms with Crippen molar-refractivity contribution in [2.75, 3.05) is 32.5 Å². The Balaban J connectivity index is 1.28. The van der Waals surface area contributed by atoms with Gasteiger partial charge >= 0.3 is 5.97 Å². The van der Waals surface area contributed by atoms with E-state index < -0.39 is 5.97 Å². The van der Waals surface area contributed by atoms with Crippen molar-refractivity contribution in [3.63, 3.8) is 0 Å². The number of carboxylic acids is 1. The Hall–Kier alpha value is -3.55. The molecule has 0 bridgehead atoms. The van der Waals surface area contributed by atoms with Crippen LogP contribution in [0, 0.1) is 5.92 Å². The van der Waals surface area contributed by atoms with Gasteiger partial charge in [-0.05, 0) is 60.7 Å². The molecule has 1 aliphatic rings. The number of rotatable bonds is 8. The van der Waals surface area contributed by atoms with Crippen molar-refractivity contribution in [1.82, 2.24) is 10.2 Å². The van der Waals surface area contributed by atoms with Gasteiger partial charge in [0.15, 0.2) is 0 Å². The molecule has 0 aliphatic carbocycles. The Bertz CT molecular complexity index is 1240. The summed E-state index contributed by atoms with van der Waals surface area (Å²) in [4.78, 5) is 26.6. The third kappa shape index (κ3) is 5.98. The molecule has 0 atom stereocenters. The van der Waals surface area contributed by atoms with E-state index in [1.807, 2.05) is 24.3 Å². The van der Waals surface area contributed by atoms with Crippen LogP contribution in [0.5, 0.6) is 5.75 Å². The van der Waals surface area contributed by atoms with Crippen LogP contribution in [0.25, 0.3) is 11.1 Å². The normalized spacial score (nSPS) is 14.4. The van der Waals surface area contributed by atoms with Crippen LogP contribution in [-0.4, -0.2) is 48.6 Å². The van der Waals surface area contributed by atoms with Crippen LogP contribution < -0.4 is 15.8 Å². The monoisotopic (exact) mass is 507 g/mol. The predicted molar refractivity (Wildman–Crippen MR) is 142 cm³/mol. The van der Waals surface area contributed by atoms with E-state index >= 15 is 0 Å². The molecule has 1 fully saturated rings. The molecule has 0 saturated carbocycles. The van der Waals surface area contributed by atoms with Crippen LogP contribution in [0.1, 0.15) is 39.1 Å². The van der Waals surface area contributed by atoms with Gasteiger partial charge in [-0.3, -0.25) is 9.69 Å². The van der Waals surface area contributed by atoms with Crippen LogP contribution in [0.4, 0.5) is 5.69 Å². The summed E-state index contributed by atoms with van der Waals surface area (Å²) in [5.74, 6) is -0.345. The summed E-state index contributed by atoms with van der Waals surface area (Å²) in [6.07, 6.45) is 1.98. The Kier molecular flexibility index (Phi) is 8.13. The second kappa shape index (κ2) is 11.5. The maximum absolute atomic E-state index is 12.7. The standard InChI is InChI=1S/C28H30ClN3O4/c1-36-26-15-25(30)24(29)14-23(26)27(33)31-16-18-10-12-32(13-11-18)17-19-6-8-20(9-7-19)21-4-2-3-5-22(21)28(34)35/h2-9,14-15,18H,10-13,16-17,30H2,1H3,(H,31,33)(H,34,35). The van der Waals surface area contributed by atoms with Crippen LogP contribution in [0.15, 0.2) is 60.7 Å². The molecule has 1 aliphatic heterocycles. The number of aromatic carboxylic acids is 1. The summed E-state index contributed by atoms with van der Waals surface area (Å²) in [5, 5.41) is 12.8. The zero-order chi connectivity index (χ0) is 25.7. The first-order chi connectivity index (χ1) is 17.4. The third-order valence-electron chi connectivity index (χ3n) is 6.65. The molecule has 8 heteroatoms. The van der Waals surface area contributed by atoms with Gasteiger partial charge in [-0.2, -0.15) is 0 Å². The van der Waals surface area contributed by atoms with Crippen molar-refractivity contribution in [3.05, 3.63) is 82.4 Å². The average molecular weight is 508 g/mol. The molecule has 1 amide bonds. The first-order valence-corrected chi connectivity index (χ1v) is 12.3. The molecule has 36 heavy (non-hydrogen) atoms. The maximum atomic E-state index is 12.7. The number of nitrogens with zero attached hydrogens (tertiary/aromatic N) is 1. The number of methoxy groups -OCH3 is 1. The Morgan fingerprint density at radius 2 is 1.78 bits per heavy atom. The molecule has 0 radical (unpaired) electrons. The number of nitrogens with two attached hydrogens (primary N) is 1. The van der Waals surface area contributed by atoms with E-state index in [1.165, 1.54) is 12.7 Å². The minimum absolute atomic E-state index is 0.222. The maximum Gasteiger partial charge on any atom is 0.336 e. The second-order valence-electron chi connectivity index (χ2n) is 9.05. The number of amides is 1. The van der Waals surface area contributed by atoms with E-state index in [-0.39, 0.29) is 5.91 Å². The number of nitrogen functional groups attached to an aromatic ring is 1. The van der Waals surface area contributed by atoms with Crippen LogP contribution in [-0.2, 0) is 6.54 Å². The number of benzene rings is 3. The summed E-state index contributed by atoms with van der Waals surface area (Å²) in [6, 6.07) is 18.2. The number of carboxylic acid groups (broad SMARTS) is 1. The van der Waals surface area contributed by atoms with Gasteiger partial charge in [0.1, 0.15) is 5.75 Å². The molecular formula is C28H30ClN3O4. The molecule has 1 heterocycles.